The van der Waals surface area contributed by atoms with Crippen molar-refractivity contribution in [2.75, 3.05) is 0 Å². The first-order valence-corrected chi connectivity index (χ1v) is 10.3. The van der Waals surface area contributed by atoms with Gasteiger partial charge in [0.1, 0.15) is 17.3 Å². The van der Waals surface area contributed by atoms with Crippen molar-refractivity contribution in [2.45, 2.75) is 58.3 Å². The van der Waals surface area contributed by atoms with Crippen molar-refractivity contribution < 1.29 is 14.0 Å². The van der Waals surface area contributed by atoms with E-state index in [1.165, 1.54) is 0 Å². The molecule has 0 bridgehead atoms. The largest absolute Gasteiger partial charge is 0.507 e. The molecule has 1 fully saturated rings. The van der Waals surface area contributed by atoms with Gasteiger partial charge in [-0.1, -0.05) is 42.4 Å². The van der Waals surface area contributed by atoms with E-state index in [-0.39, 0.29) is 17.6 Å². The Balaban J connectivity index is 1.70. The molecular formula is C24H27NO4. The van der Waals surface area contributed by atoms with Crippen molar-refractivity contribution in [1.82, 2.24) is 5.16 Å². The first-order chi connectivity index (χ1) is 14.0. The number of aromatic nitrogens is 1. The molecule has 0 aliphatic heterocycles. The van der Waals surface area contributed by atoms with Gasteiger partial charge < -0.3 is 14.0 Å². The first-order valence-electron chi connectivity index (χ1n) is 10.3. The predicted octanol–water partition coefficient (Wildman–Crippen LogP) is 5.23. The van der Waals surface area contributed by atoms with Gasteiger partial charge >= 0.3 is 5.63 Å². The molecule has 2 heterocycles. The second-order valence-corrected chi connectivity index (χ2v) is 8.07. The van der Waals surface area contributed by atoms with Crippen LogP contribution in [0.5, 0.6) is 5.75 Å². The van der Waals surface area contributed by atoms with Gasteiger partial charge in [0, 0.05) is 23.5 Å². The number of benzene rings is 1. The fourth-order valence-corrected chi connectivity index (χ4v) is 4.25. The highest BCUT2D eigenvalue weighted by molar-refractivity contribution is 5.42. The third-order valence-electron chi connectivity index (χ3n) is 6.08. The van der Waals surface area contributed by atoms with E-state index in [1.807, 2.05) is 51.1 Å². The zero-order valence-electron chi connectivity index (χ0n) is 17.1. The second kappa shape index (κ2) is 7.90. The Bertz CT molecular complexity index is 1030. The Kier molecular flexibility index (Phi) is 5.31. The molecule has 2 aromatic heterocycles. The van der Waals surface area contributed by atoms with Crippen LogP contribution in [0.4, 0.5) is 0 Å². The third-order valence-corrected chi connectivity index (χ3v) is 6.08. The molecule has 3 aromatic rings. The summed E-state index contributed by atoms with van der Waals surface area (Å²) in [5.74, 6) is 1.55. The summed E-state index contributed by atoms with van der Waals surface area (Å²) >= 11 is 0. The maximum atomic E-state index is 13.0. The van der Waals surface area contributed by atoms with Crippen LogP contribution >= 0.6 is 0 Å². The van der Waals surface area contributed by atoms with Gasteiger partial charge in [-0.05, 0) is 51.0 Å². The SMILES string of the molecule is CCC(Cc1c(C)noc1C)c1cc(O)c(C(c2ccccc2)C2CC2)c(=O)o1. The van der Waals surface area contributed by atoms with Crippen LogP contribution in [0, 0.1) is 19.8 Å². The molecule has 29 heavy (non-hydrogen) atoms. The van der Waals surface area contributed by atoms with Gasteiger partial charge in [-0.25, -0.2) is 4.79 Å². The lowest BCUT2D eigenvalue weighted by molar-refractivity contribution is 0.377. The number of rotatable bonds is 7. The standard InChI is InChI=1S/C24H27NO4/c1-4-16(12-19-14(2)25-29-15(19)3)21-13-20(26)23(24(27)28-21)22(18-10-11-18)17-8-6-5-7-9-17/h5-9,13,16,18,22,26H,4,10-12H2,1-3H3. The van der Waals surface area contributed by atoms with Crippen molar-refractivity contribution in [3.63, 3.8) is 0 Å². The second-order valence-electron chi connectivity index (χ2n) is 8.07. The summed E-state index contributed by atoms with van der Waals surface area (Å²) in [6.07, 6.45) is 3.55. The lowest BCUT2D eigenvalue weighted by Crippen LogP contribution is -2.17. The molecule has 152 valence electrons. The third kappa shape index (κ3) is 3.86. The Morgan fingerprint density at radius 3 is 2.48 bits per heavy atom. The summed E-state index contributed by atoms with van der Waals surface area (Å²) in [4.78, 5) is 13.0. The molecule has 2 atom stereocenters. The molecular weight excluding hydrogens is 366 g/mol. The maximum Gasteiger partial charge on any atom is 0.343 e. The number of aromatic hydroxyl groups is 1. The zero-order valence-corrected chi connectivity index (χ0v) is 17.1. The Morgan fingerprint density at radius 1 is 1.21 bits per heavy atom. The van der Waals surface area contributed by atoms with Crippen molar-refractivity contribution >= 4 is 0 Å². The molecule has 0 saturated heterocycles. The normalized spacial score (nSPS) is 16.0. The first kappa shape index (κ1) is 19.5. The fraction of sp³-hybridized carbons (Fsp3) is 0.417. The van der Waals surface area contributed by atoms with Crippen molar-refractivity contribution in [2.24, 2.45) is 5.92 Å². The molecule has 1 aliphatic carbocycles. The molecule has 5 heteroatoms. The highest BCUT2D eigenvalue weighted by Crippen LogP contribution is 2.47. The molecule has 4 rings (SSSR count). The zero-order chi connectivity index (χ0) is 20.5. The molecule has 0 amide bonds. The predicted molar refractivity (Wildman–Crippen MR) is 110 cm³/mol. The van der Waals surface area contributed by atoms with Gasteiger partial charge in [0.05, 0.1) is 11.3 Å². The average molecular weight is 393 g/mol. The van der Waals surface area contributed by atoms with E-state index in [0.29, 0.717) is 23.7 Å². The van der Waals surface area contributed by atoms with Crippen LogP contribution in [0.2, 0.25) is 0 Å². The van der Waals surface area contributed by atoms with E-state index in [0.717, 1.165) is 41.8 Å². The van der Waals surface area contributed by atoms with Crippen LogP contribution in [-0.4, -0.2) is 10.3 Å². The van der Waals surface area contributed by atoms with Crippen LogP contribution in [0.25, 0.3) is 0 Å². The minimum absolute atomic E-state index is 0.0319. The number of hydrogen-bond donors (Lipinski definition) is 1. The Hall–Kier alpha value is -2.82. The van der Waals surface area contributed by atoms with Crippen molar-refractivity contribution in [3.05, 3.63) is 80.7 Å². The number of aryl methyl sites for hydroxylation is 2. The van der Waals surface area contributed by atoms with Crippen molar-refractivity contribution in [3.8, 4) is 5.75 Å². The van der Waals surface area contributed by atoms with E-state index in [2.05, 4.69) is 5.16 Å². The summed E-state index contributed by atoms with van der Waals surface area (Å²) < 4.78 is 11.0. The molecule has 5 nitrogen and oxygen atoms in total. The van der Waals surface area contributed by atoms with Gasteiger partial charge in [0.15, 0.2) is 0 Å². The van der Waals surface area contributed by atoms with Crippen LogP contribution in [0.1, 0.15) is 71.9 Å². The maximum absolute atomic E-state index is 13.0. The molecule has 0 spiro atoms. The number of nitrogens with zero attached hydrogens (tertiary/aromatic N) is 1. The Labute approximate surface area is 170 Å². The summed E-state index contributed by atoms with van der Waals surface area (Å²) in [6.45, 7) is 5.85. The average Bonchev–Trinajstić information content (AvgIpc) is 3.50. The summed E-state index contributed by atoms with van der Waals surface area (Å²) in [5, 5.41) is 14.9. The van der Waals surface area contributed by atoms with Crippen LogP contribution in [0.15, 0.2) is 50.1 Å². The van der Waals surface area contributed by atoms with Gasteiger partial charge in [0.2, 0.25) is 0 Å². The summed E-state index contributed by atoms with van der Waals surface area (Å²) in [5.41, 5.74) is 2.88. The lowest BCUT2D eigenvalue weighted by atomic mass is 9.86. The minimum atomic E-state index is -0.432. The van der Waals surface area contributed by atoms with Crippen LogP contribution in [0.3, 0.4) is 0 Å². The van der Waals surface area contributed by atoms with Gasteiger partial charge in [-0.2, -0.15) is 0 Å². The Morgan fingerprint density at radius 2 is 1.93 bits per heavy atom. The molecule has 2 unspecified atom stereocenters. The highest BCUT2D eigenvalue weighted by atomic mass is 16.5. The van der Waals surface area contributed by atoms with E-state index < -0.39 is 5.63 Å². The summed E-state index contributed by atoms with van der Waals surface area (Å²) in [6, 6.07) is 11.6. The minimum Gasteiger partial charge on any atom is -0.507 e. The van der Waals surface area contributed by atoms with E-state index in [1.54, 1.807) is 6.07 Å². The van der Waals surface area contributed by atoms with Gasteiger partial charge in [-0.3, -0.25) is 0 Å². The number of hydrogen-bond acceptors (Lipinski definition) is 5. The van der Waals surface area contributed by atoms with Crippen LogP contribution in [-0.2, 0) is 6.42 Å². The molecule has 1 aliphatic rings. The molecule has 1 saturated carbocycles. The monoisotopic (exact) mass is 393 g/mol. The van der Waals surface area contributed by atoms with Crippen LogP contribution < -0.4 is 5.63 Å². The topological polar surface area (TPSA) is 76.5 Å². The summed E-state index contributed by atoms with van der Waals surface area (Å²) in [7, 11) is 0. The fourth-order valence-electron chi connectivity index (χ4n) is 4.25. The van der Waals surface area contributed by atoms with E-state index in [4.69, 9.17) is 8.94 Å². The smallest absolute Gasteiger partial charge is 0.343 e. The van der Waals surface area contributed by atoms with E-state index in [9.17, 15) is 9.90 Å². The van der Waals surface area contributed by atoms with E-state index >= 15 is 0 Å². The lowest BCUT2D eigenvalue weighted by Gasteiger charge is -2.19. The quantitative estimate of drug-likeness (QED) is 0.595. The molecule has 0 radical (unpaired) electrons. The molecule has 1 aromatic carbocycles. The van der Waals surface area contributed by atoms with Gasteiger partial charge in [0.25, 0.3) is 0 Å². The molecule has 1 N–H and O–H groups in total. The highest BCUT2D eigenvalue weighted by Gasteiger charge is 2.37. The van der Waals surface area contributed by atoms with Gasteiger partial charge in [-0.15, -0.1) is 0 Å². The van der Waals surface area contributed by atoms with Crippen molar-refractivity contribution in [1.29, 1.82) is 0 Å².